The third-order valence-corrected chi connectivity index (χ3v) is 7.40. The maximum Gasteiger partial charge on any atom is 0.306 e. The molecule has 4 rings (SSSR count). The van der Waals surface area contributed by atoms with E-state index in [1.807, 2.05) is 24.3 Å². The molecule has 0 saturated heterocycles. The van der Waals surface area contributed by atoms with Crippen molar-refractivity contribution in [2.24, 2.45) is 10.1 Å². The average molecular weight is 644 g/mol. The lowest BCUT2D eigenvalue weighted by Crippen LogP contribution is -2.49. The fourth-order valence-corrected chi connectivity index (χ4v) is 5.25. The summed E-state index contributed by atoms with van der Waals surface area (Å²) < 4.78 is 23.2. The topological polar surface area (TPSA) is 164 Å². The normalized spacial score (nSPS) is 17.1. The summed E-state index contributed by atoms with van der Waals surface area (Å²) in [5.74, 6) is 0.522. The van der Waals surface area contributed by atoms with Gasteiger partial charge in [0.1, 0.15) is 17.1 Å². The molecule has 0 saturated carbocycles. The van der Waals surface area contributed by atoms with Crippen molar-refractivity contribution < 1.29 is 33.6 Å². The summed E-state index contributed by atoms with van der Waals surface area (Å²) in [4.78, 5) is 35.3. The number of nitrogens with zero attached hydrogens (tertiary/aromatic N) is 4. The molecule has 0 radical (unpaired) electrons. The number of para-hydroxylation sites is 1. The molecule has 1 amide bonds. The Morgan fingerprint density at radius 2 is 1.81 bits per heavy atom. The van der Waals surface area contributed by atoms with E-state index in [1.165, 1.54) is 0 Å². The number of amides is 1. The molecule has 0 unspecified atom stereocenters. The summed E-state index contributed by atoms with van der Waals surface area (Å²) in [7, 11) is 1.59. The first-order valence-electron chi connectivity index (χ1n) is 15.5. The van der Waals surface area contributed by atoms with Crippen LogP contribution in [0.2, 0.25) is 0 Å². The molecular weight excluding hydrogens is 602 g/mol. The van der Waals surface area contributed by atoms with Crippen LogP contribution in [0.15, 0.2) is 82.9 Å². The summed E-state index contributed by atoms with van der Waals surface area (Å²) in [5.41, 5.74) is 9.16. The number of ether oxygens (including phenoxy) is 4. The smallest absolute Gasteiger partial charge is 0.306 e. The van der Waals surface area contributed by atoms with Gasteiger partial charge in [0.15, 0.2) is 11.6 Å². The Labute approximate surface area is 274 Å². The van der Waals surface area contributed by atoms with Gasteiger partial charge in [0, 0.05) is 47.7 Å². The fourth-order valence-electron chi connectivity index (χ4n) is 5.25. The predicted molar refractivity (Wildman–Crippen MR) is 177 cm³/mol. The highest BCUT2D eigenvalue weighted by Gasteiger charge is 2.53. The number of nitrogens with one attached hydrogen (secondary N) is 1. The van der Waals surface area contributed by atoms with Crippen LogP contribution in [0, 0.1) is 0 Å². The Bertz CT molecular complexity index is 1610. The minimum absolute atomic E-state index is 0.0216. The standard InChI is InChI=1S/C35H41N5O7/c1-34(2,3)47-30(42)18-20-35(33(43)37-21-19-24-10-5-8-13-29(24)44-4)31(27-11-6-7-12-28(27)39-40-36)46-32(38-35)25-14-16-26(17-15-25)45-23-9-22-41/h5-8,10-17,31,41H,9,18-23H2,1-4H3,(H,37,43)/t31-,35-/m1/s1. The van der Waals surface area contributed by atoms with E-state index in [0.717, 1.165) is 5.56 Å². The number of hydrogen-bond acceptors (Lipinski definition) is 9. The number of aliphatic imine (C=N–C) groups is 1. The summed E-state index contributed by atoms with van der Waals surface area (Å²) in [5, 5.41) is 15.9. The van der Waals surface area contributed by atoms with Crippen molar-refractivity contribution >= 4 is 23.5 Å². The van der Waals surface area contributed by atoms with Crippen LogP contribution in [0.3, 0.4) is 0 Å². The zero-order chi connectivity index (χ0) is 33.9. The van der Waals surface area contributed by atoms with E-state index < -0.39 is 29.1 Å². The molecule has 12 heteroatoms. The molecular formula is C35H41N5O7. The molecule has 2 atom stereocenters. The second-order valence-electron chi connectivity index (χ2n) is 11.9. The van der Waals surface area contributed by atoms with Crippen LogP contribution in [0.4, 0.5) is 5.69 Å². The lowest BCUT2D eigenvalue weighted by molar-refractivity contribution is -0.155. The van der Waals surface area contributed by atoms with E-state index in [0.29, 0.717) is 42.1 Å². The number of aliphatic hydroxyl groups excluding tert-OH is 1. The monoisotopic (exact) mass is 643 g/mol. The van der Waals surface area contributed by atoms with Crippen LogP contribution in [0.1, 0.15) is 62.8 Å². The van der Waals surface area contributed by atoms with Gasteiger partial charge in [0.05, 0.1) is 13.7 Å². The summed E-state index contributed by atoms with van der Waals surface area (Å²) >= 11 is 0. The van der Waals surface area contributed by atoms with Gasteiger partial charge in [0.25, 0.3) is 5.91 Å². The molecule has 1 heterocycles. The maximum atomic E-state index is 14.4. The third kappa shape index (κ3) is 9.02. The van der Waals surface area contributed by atoms with Gasteiger partial charge in [0.2, 0.25) is 5.90 Å². The number of azide groups is 1. The van der Waals surface area contributed by atoms with Crippen LogP contribution in [0.5, 0.6) is 11.5 Å². The number of carbonyl (C=O) groups is 2. The van der Waals surface area contributed by atoms with Gasteiger partial charge < -0.3 is 29.4 Å². The molecule has 47 heavy (non-hydrogen) atoms. The third-order valence-electron chi connectivity index (χ3n) is 7.40. The zero-order valence-corrected chi connectivity index (χ0v) is 27.1. The summed E-state index contributed by atoms with van der Waals surface area (Å²) in [6.07, 6.45) is -0.254. The minimum atomic E-state index is -1.63. The second kappa shape index (κ2) is 16.0. The van der Waals surface area contributed by atoms with Crippen molar-refractivity contribution in [2.45, 2.75) is 63.7 Å². The molecule has 0 aromatic heterocycles. The zero-order valence-electron chi connectivity index (χ0n) is 27.1. The molecule has 3 aromatic rings. The molecule has 1 aliphatic heterocycles. The molecule has 0 fully saturated rings. The largest absolute Gasteiger partial charge is 0.496 e. The fraction of sp³-hybridized carbons (Fsp3) is 0.400. The number of methoxy groups -OCH3 is 1. The van der Waals surface area contributed by atoms with E-state index in [4.69, 9.17) is 29.0 Å². The summed E-state index contributed by atoms with van der Waals surface area (Å²) in [6, 6.07) is 21.4. The van der Waals surface area contributed by atoms with Gasteiger partial charge in [-0.3, -0.25) is 9.59 Å². The lowest BCUT2D eigenvalue weighted by Gasteiger charge is -2.31. The number of rotatable bonds is 15. The highest BCUT2D eigenvalue weighted by atomic mass is 16.6. The van der Waals surface area contributed by atoms with E-state index >= 15 is 0 Å². The van der Waals surface area contributed by atoms with Gasteiger partial charge in [-0.2, -0.15) is 0 Å². The van der Waals surface area contributed by atoms with Crippen molar-refractivity contribution in [2.75, 3.05) is 26.9 Å². The van der Waals surface area contributed by atoms with Crippen molar-refractivity contribution in [3.05, 3.63) is 99.9 Å². The number of aliphatic hydroxyl groups is 1. The van der Waals surface area contributed by atoms with E-state index in [2.05, 4.69) is 15.3 Å². The van der Waals surface area contributed by atoms with Crippen molar-refractivity contribution in [3.8, 4) is 11.5 Å². The number of esters is 1. The maximum absolute atomic E-state index is 14.4. The first-order chi connectivity index (χ1) is 22.6. The number of carbonyl (C=O) groups excluding carboxylic acids is 2. The SMILES string of the molecule is COc1ccccc1CCNC(=O)[C@]1(CCC(=O)OC(C)(C)C)N=C(c2ccc(OCCCO)cc2)O[C@@H]1c1ccccc1N=[N+]=[N-]. The van der Waals surface area contributed by atoms with Crippen LogP contribution < -0.4 is 14.8 Å². The van der Waals surface area contributed by atoms with Gasteiger partial charge in [-0.25, -0.2) is 4.99 Å². The number of benzene rings is 3. The van der Waals surface area contributed by atoms with Crippen molar-refractivity contribution in [1.29, 1.82) is 0 Å². The summed E-state index contributed by atoms with van der Waals surface area (Å²) in [6.45, 7) is 5.95. The predicted octanol–water partition coefficient (Wildman–Crippen LogP) is 6.14. The van der Waals surface area contributed by atoms with Crippen LogP contribution in [-0.4, -0.2) is 60.9 Å². The molecule has 12 nitrogen and oxygen atoms in total. The molecule has 0 aliphatic carbocycles. The van der Waals surface area contributed by atoms with Gasteiger partial charge in [-0.1, -0.05) is 47.6 Å². The number of hydrogen-bond donors (Lipinski definition) is 2. The van der Waals surface area contributed by atoms with Gasteiger partial charge in [-0.15, -0.1) is 0 Å². The Balaban J connectivity index is 1.75. The lowest BCUT2D eigenvalue weighted by atomic mass is 9.82. The van der Waals surface area contributed by atoms with E-state index in [1.54, 1.807) is 76.4 Å². The quantitative estimate of drug-likeness (QED) is 0.0660. The second-order valence-corrected chi connectivity index (χ2v) is 11.9. The van der Waals surface area contributed by atoms with Gasteiger partial charge >= 0.3 is 5.97 Å². The van der Waals surface area contributed by atoms with Crippen LogP contribution >= 0.6 is 0 Å². The first-order valence-corrected chi connectivity index (χ1v) is 15.5. The van der Waals surface area contributed by atoms with E-state index in [-0.39, 0.29) is 37.6 Å². The highest BCUT2D eigenvalue weighted by molar-refractivity contribution is 6.01. The molecule has 1 aliphatic rings. The highest BCUT2D eigenvalue weighted by Crippen LogP contribution is 2.46. The molecule has 0 bridgehead atoms. The van der Waals surface area contributed by atoms with Crippen LogP contribution in [-0.2, 0) is 25.5 Å². The van der Waals surface area contributed by atoms with Crippen molar-refractivity contribution in [3.63, 3.8) is 0 Å². The molecule has 0 spiro atoms. The van der Waals surface area contributed by atoms with Gasteiger partial charge in [-0.05, 0) is 75.0 Å². The molecule has 2 N–H and O–H groups in total. The minimum Gasteiger partial charge on any atom is -0.496 e. The Morgan fingerprint density at radius 1 is 1.09 bits per heavy atom. The van der Waals surface area contributed by atoms with Crippen LogP contribution in [0.25, 0.3) is 10.4 Å². The molecule has 3 aromatic carbocycles. The average Bonchev–Trinajstić information content (AvgIpc) is 3.45. The Hall–Kier alpha value is -5.06. The Morgan fingerprint density at radius 3 is 2.51 bits per heavy atom. The first kappa shape index (κ1) is 34.8. The van der Waals surface area contributed by atoms with E-state index in [9.17, 15) is 15.1 Å². The van der Waals surface area contributed by atoms with Crippen molar-refractivity contribution in [1.82, 2.24) is 5.32 Å². The Kier molecular flexibility index (Phi) is 11.8. The molecule has 248 valence electrons.